The lowest BCUT2D eigenvalue weighted by Gasteiger charge is -2.10. The van der Waals surface area contributed by atoms with Gasteiger partial charge in [-0.3, -0.25) is 4.79 Å². The lowest BCUT2D eigenvalue weighted by Crippen LogP contribution is -2.18. The lowest BCUT2D eigenvalue weighted by atomic mass is 10.1. The monoisotopic (exact) mass is 254 g/mol. The summed E-state index contributed by atoms with van der Waals surface area (Å²) < 4.78 is 0. The van der Waals surface area contributed by atoms with Gasteiger partial charge in [0.05, 0.1) is 10.6 Å². The minimum atomic E-state index is -0.164. The van der Waals surface area contributed by atoms with Crippen molar-refractivity contribution in [2.75, 3.05) is 18.9 Å². The molecule has 0 fully saturated rings. The summed E-state index contributed by atoms with van der Waals surface area (Å²) in [6, 6.07) is 5.40. The topological polar surface area (TPSA) is 41.1 Å². The lowest BCUT2D eigenvalue weighted by molar-refractivity contribution is 0.0963. The summed E-state index contributed by atoms with van der Waals surface area (Å²) in [5, 5.41) is 6.33. The van der Waals surface area contributed by atoms with Crippen molar-refractivity contribution in [3.63, 3.8) is 0 Å². The molecule has 1 rings (SSSR count). The van der Waals surface area contributed by atoms with E-state index < -0.39 is 0 Å². The zero-order chi connectivity index (χ0) is 12.8. The van der Waals surface area contributed by atoms with Crippen molar-refractivity contribution in [1.29, 1.82) is 0 Å². The molecule has 0 saturated heterocycles. The number of hydrogen-bond acceptors (Lipinski definition) is 2. The van der Waals surface area contributed by atoms with Gasteiger partial charge in [0.15, 0.2) is 0 Å². The summed E-state index contributed by atoms with van der Waals surface area (Å²) in [6.07, 6.45) is 1.10. The van der Waals surface area contributed by atoms with E-state index in [1.54, 1.807) is 19.2 Å². The Hall–Kier alpha value is -1.22. The Kier molecular flexibility index (Phi) is 5.29. The minimum absolute atomic E-state index is 0.164. The van der Waals surface area contributed by atoms with Crippen molar-refractivity contribution in [2.45, 2.75) is 20.3 Å². The smallest absolute Gasteiger partial charge is 0.252 e. The normalized spacial score (nSPS) is 10.4. The highest BCUT2D eigenvalue weighted by atomic mass is 35.5. The van der Waals surface area contributed by atoms with Gasteiger partial charge in [-0.1, -0.05) is 25.4 Å². The molecule has 0 aliphatic rings. The molecule has 0 atom stereocenters. The van der Waals surface area contributed by atoms with Crippen molar-refractivity contribution in [3.05, 3.63) is 28.8 Å². The second-order valence-electron chi connectivity index (χ2n) is 4.38. The van der Waals surface area contributed by atoms with Gasteiger partial charge < -0.3 is 10.6 Å². The third-order valence-electron chi connectivity index (χ3n) is 2.49. The van der Waals surface area contributed by atoms with Crippen molar-refractivity contribution in [1.82, 2.24) is 5.32 Å². The van der Waals surface area contributed by atoms with E-state index in [0.29, 0.717) is 16.5 Å². The third-order valence-corrected chi connectivity index (χ3v) is 2.82. The third kappa shape index (κ3) is 4.27. The highest BCUT2D eigenvalue weighted by Gasteiger charge is 2.09. The molecular formula is C13H19ClN2O. The first kappa shape index (κ1) is 13.8. The maximum Gasteiger partial charge on any atom is 0.252 e. The molecule has 0 unspecified atom stereocenters. The van der Waals surface area contributed by atoms with Crippen molar-refractivity contribution < 1.29 is 4.79 Å². The van der Waals surface area contributed by atoms with Crippen molar-refractivity contribution in [2.24, 2.45) is 5.92 Å². The molecule has 2 N–H and O–H groups in total. The largest absolute Gasteiger partial charge is 0.385 e. The van der Waals surface area contributed by atoms with Crippen molar-refractivity contribution >= 4 is 23.2 Å². The van der Waals surface area contributed by atoms with Gasteiger partial charge in [-0.15, -0.1) is 0 Å². The number of carbonyl (C=O) groups is 1. The molecule has 17 heavy (non-hydrogen) atoms. The summed E-state index contributed by atoms with van der Waals surface area (Å²) in [4.78, 5) is 11.5. The van der Waals surface area contributed by atoms with Gasteiger partial charge in [0.25, 0.3) is 5.91 Å². The highest BCUT2D eigenvalue weighted by Crippen LogP contribution is 2.20. The maximum atomic E-state index is 11.5. The maximum absolute atomic E-state index is 11.5. The summed E-state index contributed by atoms with van der Waals surface area (Å²) in [6.45, 7) is 5.26. The van der Waals surface area contributed by atoms with Crippen LogP contribution in [0.5, 0.6) is 0 Å². The van der Waals surface area contributed by atoms with Crippen LogP contribution in [-0.4, -0.2) is 19.5 Å². The Balaban J connectivity index is 2.71. The molecule has 1 aromatic carbocycles. The Morgan fingerprint density at radius 3 is 2.71 bits per heavy atom. The first-order valence-electron chi connectivity index (χ1n) is 5.80. The van der Waals surface area contributed by atoms with Crippen molar-refractivity contribution in [3.8, 4) is 0 Å². The second kappa shape index (κ2) is 6.50. The molecule has 1 amide bonds. The number of benzene rings is 1. The number of hydrogen-bond donors (Lipinski definition) is 2. The standard InChI is InChI=1S/C13H19ClN2O/c1-9(2)6-7-16-10-4-5-12(14)11(8-10)13(17)15-3/h4-5,8-9,16H,6-7H2,1-3H3,(H,15,17). The van der Waals surface area contributed by atoms with Gasteiger partial charge >= 0.3 is 0 Å². The van der Waals surface area contributed by atoms with Crippen LogP contribution in [0.4, 0.5) is 5.69 Å². The Bertz CT molecular complexity index is 391. The first-order valence-corrected chi connectivity index (χ1v) is 6.18. The van der Waals surface area contributed by atoms with E-state index in [9.17, 15) is 4.79 Å². The summed E-state index contributed by atoms with van der Waals surface area (Å²) in [7, 11) is 1.59. The number of halogens is 1. The molecule has 4 heteroatoms. The van der Waals surface area contributed by atoms with Gasteiger partial charge in [-0.2, -0.15) is 0 Å². The molecule has 0 heterocycles. The van der Waals surface area contributed by atoms with E-state index >= 15 is 0 Å². The van der Waals surface area contributed by atoms with Gasteiger partial charge in [0.1, 0.15) is 0 Å². The van der Waals surface area contributed by atoms with Crippen LogP contribution in [0.1, 0.15) is 30.6 Å². The van der Waals surface area contributed by atoms with Gasteiger partial charge in [0, 0.05) is 19.3 Å². The Morgan fingerprint density at radius 2 is 2.12 bits per heavy atom. The average Bonchev–Trinajstić information content (AvgIpc) is 2.30. The van der Waals surface area contributed by atoms with Crippen LogP contribution in [0.2, 0.25) is 5.02 Å². The number of nitrogens with one attached hydrogen (secondary N) is 2. The van der Waals surface area contributed by atoms with E-state index in [-0.39, 0.29) is 5.91 Å². The van der Waals surface area contributed by atoms with E-state index in [0.717, 1.165) is 18.7 Å². The van der Waals surface area contributed by atoms with Crippen LogP contribution in [0.3, 0.4) is 0 Å². The number of rotatable bonds is 5. The highest BCUT2D eigenvalue weighted by molar-refractivity contribution is 6.34. The summed E-state index contributed by atoms with van der Waals surface area (Å²) in [5.74, 6) is 0.496. The SMILES string of the molecule is CNC(=O)c1cc(NCCC(C)C)ccc1Cl. The second-order valence-corrected chi connectivity index (χ2v) is 4.79. The van der Waals surface area contributed by atoms with Crippen LogP contribution in [0.25, 0.3) is 0 Å². The van der Waals surface area contributed by atoms with E-state index in [2.05, 4.69) is 24.5 Å². The van der Waals surface area contributed by atoms with Crippen LogP contribution >= 0.6 is 11.6 Å². The number of carbonyl (C=O) groups excluding carboxylic acids is 1. The van der Waals surface area contributed by atoms with Crippen LogP contribution in [0, 0.1) is 5.92 Å². The summed E-state index contributed by atoms with van der Waals surface area (Å²) >= 11 is 5.97. The van der Waals surface area contributed by atoms with Gasteiger partial charge in [-0.25, -0.2) is 0 Å². The van der Waals surface area contributed by atoms with E-state index in [4.69, 9.17) is 11.6 Å². The molecule has 0 spiro atoms. The Morgan fingerprint density at radius 1 is 1.41 bits per heavy atom. The van der Waals surface area contributed by atoms with Crippen LogP contribution < -0.4 is 10.6 Å². The van der Waals surface area contributed by atoms with Gasteiger partial charge in [-0.05, 0) is 30.5 Å². The number of amides is 1. The molecule has 0 saturated carbocycles. The molecule has 0 bridgehead atoms. The fourth-order valence-electron chi connectivity index (χ4n) is 1.45. The molecular weight excluding hydrogens is 236 g/mol. The predicted molar refractivity (Wildman–Crippen MR) is 72.8 cm³/mol. The van der Waals surface area contributed by atoms with Gasteiger partial charge in [0.2, 0.25) is 0 Å². The fourth-order valence-corrected chi connectivity index (χ4v) is 1.65. The zero-order valence-electron chi connectivity index (χ0n) is 10.5. The predicted octanol–water partition coefficient (Wildman–Crippen LogP) is 3.16. The Labute approximate surface area is 108 Å². The molecule has 0 aliphatic heterocycles. The van der Waals surface area contributed by atoms with E-state index in [1.165, 1.54) is 0 Å². The molecule has 0 radical (unpaired) electrons. The fraction of sp³-hybridized carbons (Fsp3) is 0.462. The molecule has 0 aliphatic carbocycles. The summed E-state index contributed by atoms with van der Waals surface area (Å²) in [5.41, 5.74) is 1.43. The first-order chi connectivity index (χ1) is 8.04. The molecule has 0 aromatic heterocycles. The van der Waals surface area contributed by atoms with Crippen LogP contribution in [0.15, 0.2) is 18.2 Å². The molecule has 1 aromatic rings. The quantitative estimate of drug-likeness (QED) is 0.848. The van der Waals surface area contributed by atoms with Crippen LogP contribution in [-0.2, 0) is 0 Å². The zero-order valence-corrected chi connectivity index (χ0v) is 11.3. The number of anilines is 1. The average molecular weight is 255 g/mol. The molecule has 3 nitrogen and oxygen atoms in total. The molecule has 94 valence electrons. The minimum Gasteiger partial charge on any atom is -0.385 e. The van der Waals surface area contributed by atoms with E-state index in [1.807, 2.05) is 6.07 Å².